The molecule has 94 valence electrons. The van der Waals surface area contributed by atoms with E-state index >= 15 is 0 Å². The van der Waals surface area contributed by atoms with Crippen LogP contribution in [0.3, 0.4) is 0 Å². The van der Waals surface area contributed by atoms with Gasteiger partial charge in [0.2, 0.25) is 0 Å². The van der Waals surface area contributed by atoms with Crippen LogP contribution in [0.4, 0.5) is 5.00 Å². The van der Waals surface area contributed by atoms with Crippen LogP contribution in [0.5, 0.6) is 0 Å². The molecule has 0 unspecified atom stereocenters. The van der Waals surface area contributed by atoms with Gasteiger partial charge >= 0.3 is 5.00 Å². The van der Waals surface area contributed by atoms with Crippen molar-refractivity contribution in [3.8, 4) is 6.07 Å². The molecule has 0 N–H and O–H groups in total. The van der Waals surface area contributed by atoms with Gasteiger partial charge < -0.3 is 0 Å². The van der Waals surface area contributed by atoms with Gasteiger partial charge in [-0.05, 0) is 12.1 Å². The maximum atomic E-state index is 11.9. The van der Waals surface area contributed by atoms with Crippen LogP contribution in [0.25, 0.3) is 6.08 Å². The molecule has 0 aliphatic rings. The first-order valence-corrected chi connectivity index (χ1v) is 5.98. The van der Waals surface area contributed by atoms with Gasteiger partial charge in [0.1, 0.15) is 6.07 Å². The van der Waals surface area contributed by atoms with Gasteiger partial charge in [0.05, 0.1) is 10.5 Å². The minimum Gasteiger partial charge on any atom is -0.293 e. The first kappa shape index (κ1) is 14.1. The van der Waals surface area contributed by atoms with Crippen molar-refractivity contribution in [1.82, 2.24) is 0 Å². The Morgan fingerprint density at radius 2 is 2.11 bits per heavy atom. The molecule has 18 heavy (non-hydrogen) atoms. The lowest BCUT2D eigenvalue weighted by atomic mass is 9.86. The zero-order valence-electron chi connectivity index (χ0n) is 10.3. The number of rotatable bonds is 3. The van der Waals surface area contributed by atoms with Gasteiger partial charge in [-0.25, -0.2) is 0 Å². The van der Waals surface area contributed by atoms with Crippen LogP contribution < -0.4 is 0 Å². The molecule has 1 rings (SSSR count). The number of carbonyl (C=O) groups excluding carboxylic acids is 1. The highest BCUT2D eigenvalue weighted by molar-refractivity contribution is 7.16. The van der Waals surface area contributed by atoms with Crippen LogP contribution in [0.15, 0.2) is 17.7 Å². The third-order valence-electron chi connectivity index (χ3n) is 2.13. The minimum absolute atomic E-state index is 0.0123. The molecule has 0 aromatic carbocycles. The standard InChI is InChI=1S/C12H12N2O3S/c1-12(2,3)11(15)8(7-13)6-9-4-5-10(18-9)14(16)17/h4-6H,1-3H3/b8-6+. The molecule has 5 nitrogen and oxygen atoms in total. The summed E-state index contributed by atoms with van der Waals surface area (Å²) in [5, 5.41) is 19.5. The van der Waals surface area contributed by atoms with Gasteiger partial charge in [0, 0.05) is 16.4 Å². The van der Waals surface area contributed by atoms with E-state index in [0.29, 0.717) is 4.88 Å². The maximum Gasteiger partial charge on any atom is 0.324 e. The fourth-order valence-corrected chi connectivity index (χ4v) is 1.98. The second-order valence-electron chi connectivity index (χ2n) is 4.68. The van der Waals surface area contributed by atoms with Crippen molar-refractivity contribution < 1.29 is 9.72 Å². The third-order valence-corrected chi connectivity index (χ3v) is 3.11. The lowest BCUT2D eigenvalue weighted by molar-refractivity contribution is -0.380. The summed E-state index contributed by atoms with van der Waals surface area (Å²) in [6.07, 6.45) is 1.39. The van der Waals surface area contributed by atoms with Crippen LogP contribution >= 0.6 is 11.3 Å². The van der Waals surface area contributed by atoms with Gasteiger partial charge in [-0.2, -0.15) is 5.26 Å². The number of carbonyl (C=O) groups is 1. The van der Waals surface area contributed by atoms with E-state index in [1.165, 1.54) is 18.2 Å². The molecule has 0 spiro atoms. The molecule has 0 amide bonds. The molecule has 0 bridgehead atoms. The summed E-state index contributed by atoms with van der Waals surface area (Å²) in [5.74, 6) is -0.277. The molecule has 0 saturated heterocycles. The predicted molar refractivity (Wildman–Crippen MR) is 69.0 cm³/mol. The number of thiophene rings is 1. The van der Waals surface area contributed by atoms with Crippen LogP contribution in [-0.4, -0.2) is 10.7 Å². The largest absolute Gasteiger partial charge is 0.324 e. The number of hydrogen-bond acceptors (Lipinski definition) is 5. The Labute approximate surface area is 109 Å². The lowest BCUT2D eigenvalue weighted by Gasteiger charge is -2.15. The number of nitrogens with zero attached hydrogens (tertiary/aromatic N) is 2. The lowest BCUT2D eigenvalue weighted by Crippen LogP contribution is -2.21. The molecule has 6 heteroatoms. The molecule has 0 aliphatic heterocycles. The molecule has 1 aromatic rings. The monoisotopic (exact) mass is 264 g/mol. The van der Waals surface area contributed by atoms with Crippen molar-refractivity contribution in [2.24, 2.45) is 5.41 Å². The summed E-state index contributed by atoms with van der Waals surface area (Å²) in [7, 11) is 0. The highest BCUT2D eigenvalue weighted by Gasteiger charge is 2.25. The quantitative estimate of drug-likeness (QED) is 0.363. The first-order valence-electron chi connectivity index (χ1n) is 5.16. The topological polar surface area (TPSA) is 84.0 Å². The predicted octanol–water partition coefficient (Wildman–Crippen LogP) is 3.18. The molecule has 0 aliphatic carbocycles. The molecule has 0 fully saturated rings. The van der Waals surface area contributed by atoms with Crippen LogP contribution in [0.2, 0.25) is 0 Å². The summed E-state index contributed by atoms with van der Waals surface area (Å²) < 4.78 is 0. The number of nitriles is 1. The van der Waals surface area contributed by atoms with Crippen LogP contribution in [0, 0.1) is 26.9 Å². The molecular weight excluding hydrogens is 252 g/mol. The number of hydrogen-bond donors (Lipinski definition) is 0. The van der Waals surface area contributed by atoms with E-state index in [-0.39, 0.29) is 16.4 Å². The van der Waals surface area contributed by atoms with Crippen molar-refractivity contribution in [3.63, 3.8) is 0 Å². The molecule has 1 heterocycles. The second kappa shape index (κ2) is 5.10. The normalized spacial score (nSPS) is 12.0. The Hall–Kier alpha value is -2.00. The smallest absolute Gasteiger partial charge is 0.293 e. The van der Waals surface area contributed by atoms with E-state index in [2.05, 4.69) is 0 Å². The number of nitro groups is 1. The number of Topliss-reactive ketones (excluding diaryl/α,β-unsaturated/α-hetero) is 1. The highest BCUT2D eigenvalue weighted by atomic mass is 32.1. The molecule has 0 saturated carbocycles. The Bertz CT molecular complexity index is 559. The molecule has 1 aromatic heterocycles. The summed E-state index contributed by atoms with van der Waals surface area (Å²) in [5.41, 5.74) is -0.635. The highest BCUT2D eigenvalue weighted by Crippen LogP contribution is 2.27. The number of allylic oxidation sites excluding steroid dienone is 1. The average Bonchev–Trinajstić information content (AvgIpc) is 2.72. The van der Waals surface area contributed by atoms with Crippen LogP contribution in [0.1, 0.15) is 25.6 Å². The maximum absolute atomic E-state index is 11.9. The average molecular weight is 264 g/mol. The third kappa shape index (κ3) is 3.25. The Morgan fingerprint density at radius 1 is 1.50 bits per heavy atom. The fourth-order valence-electron chi connectivity index (χ4n) is 1.21. The van der Waals surface area contributed by atoms with Crippen molar-refractivity contribution >= 4 is 28.2 Å². The summed E-state index contributed by atoms with van der Waals surface area (Å²) in [4.78, 5) is 22.5. The van der Waals surface area contributed by atoms with E-state index in [1.54, 1.807) is 20.8 Å². The Morgan fingerprint density at radius 3 is 2.50 bits per heavy atom. The van der Waals surface area contributed by atoms with Gasteiger partial charge in [-0.3, -0.25) is 14.9 Å². The van der Waals surface area contributed by atoms with Gasteiger partial charge in [-0.15, -0.1) is 0 Å². The van der Waals surface area contributed by atoms with E-state index in [0.717, 1.165) is 11.3 Å². The van der Waals surface area contributed by atoms with E-state index in [4.69, 9.17) is 5.26 Å². The van der Waals surface area contributed by atoms with Gasteiger partial charge in [-0.1, -0.05) is 32.1 Å². The molecule has 0 radical (unpaired) electrons. The summed E-state index contributed by atoms with van der Waals surface area (Å²) >= 11 is 0.934. The summed E-state index contributed by atoms with van der Waals surface area (Å²) in [6, 6.07) is 4.72. The zero-order valence-corrected chi connectivity index (χ0v) is 11.1. The van der Waals surface area contributed by atoms with E-state index in [9.17, 15) is 14.9 Å². The Kier molecular flexibility index (Phi) is 3.99. The number of ketones is 1. The van der Waals surface area contributed by atoms with Crippen molar-refractivity contribution in [2.75, 3.05) is 0 Å². The second-order valence-corrected chi connectivity index (χ2v) is 5.78. The first-order chi connectivity index (χ1) is 8.25. The zero-order chi connectivity index (χ0) is 13.9. The van der Waals surface area contributed by atoms with Crippen molar-refractivity contribution in [1.29, 1.82) is 5.26 Å². The summed E-state index contributed by atoms with van der Waals surface area (Å²) in [6.45, 7) is 5.16. The van der Waals surface area contributed by atoms with E-state index < -0.39 is 10.3 Å². The molecule has 0 atom stereocenters. The van der Waals surface area contributed by atoms with Gasteiger partial charge in [0.25, 0.3) is 0 Å². The van der Waals surface area contributed by atoms with Crippen molar-refractivity contribution in [3.05, 3.63) is 32.7 Å². The fraction of sp³-hybridized carbons (Fsp3) is 0.333. The Balaban J connectivity index is 3.09. The van der Waals surface area contributed by atoms with Crippen LogP contribution in [-0.2, 0) is 4.79 Å². The minimum atomic E-state index is -0.648. The van der Waals surface area contributed by atoms with Gasteiger partial charge in [0.15, 0.2) is 5.78 Å². The SMILES string of the molecule is CC(C)(C)C(=O)/C(C#N)=C/c1ccc([N+](=O)[O-])s1. The van der Waals surface area contributed by atoms with Crippen molar-refractivity contribution in [2.45, 2.75) is 20.8 Å². The van der Waals surface area contributed by atoms with E-state index in [1.807, 2.05) is 6.07 Å². The molecular formula is C12H12N2O3S.